The number of aromatic nitrogens is 3. The van der Waals surface area contributed by atoms with Gasteiger partial charge in [0.1, 0.15) is 13.2 Å². The van der Waals surface area contributed by atoms with Crippen LogP contribution in [0.2, 0.25) is 10.0 Å². The Morgan fingerprint density at radius 2 is 1.33 bits per heavy atom. The lowest BCUT2D eigenvalue weighted by molar-refractivity contribution is -0.138. The first-order valence-corrected chi connectivity index (χ1v) is 15.1. The second-order valence-corrected chi connectivity index (χ2v) is 11.3. The number of hydrogen-bond donors (Lipinski definition) is 1. The highest BCUT2D eigenvalue weighted by Gasteiger charge is 2.34. The zero-order valence-electron chi connectivity index (χ0n) is 24.7. The van der Waals surface area contributed by atoms with E-state index in [0.29, 0.717) is 37.0 Å². The lowest BCUT2D eigenvalue weighted by Crippen LogP contribution is -2.39. The second-order valence-electron chi connectivity index (χ2n) is 10.5. The Kier molecular flexibility index (Phi) is 9.11. The molecule has 0 aliphatic carbocycles. The summed E-state index contributed by atoms with van der Waals surface area (Å²) in [6.45, 7) is -0.718. The van der Waals surface area contributed by atoms with Crippen molar-refractivity contribution in [2.24, 2.45) is 0 Å². The summed E-state index contributed by atoms with van der Waals surface area (Å²) in [4.78, 5) is 36.6. The average molecular weight is 694 g/mol. The summed E-state index contributed by atoms with van der Waals surface area (Å²) in [5.41, 5.74) is 7.00. The molecule has 6 rings (SSSR count). The van der Waals surface area contributed by atoms with Crippen molar-refractivity contribution in [3.8, 4) is 0 Å². The first-order valence-electron chi connectivity index (χ1n) is 14.3. The molecule has 244 valence electrons. The van der Waals surface area contributed by atoms with Gasteiger partial charge in [-0.25, -0.2) is 14.6 Å². The standard InChI is InChI=1S/C34H24Cl2F3N5O4/c35-25-11-5-2-8-21(25)18-47-32(45)44(33(46)48-19-22-9-3-6-12-26(22)36)30-29-23-15-16-43(28(23)14-13-27(29)41-31(40)42-30)17-20-7-1-4-10-24(20)34(37,38)39/h1-16H,17-19H2,(H2,40,41,42). The summed E-state index contributed by atoms with van der Waals surface area (Å²) >= 11 is 12.5. The topological polar surface area (TPSA) is 113 Å². The van der Waals surface area contributed by atoms with Gasteiger partial charge in [-0.2, -0.15) is 23.1 Å². The monoisotopic (exact) mass is 693 g/mol. The fourth-order valence-electron chi connectivity index (χ4n) is 5.21. The third-order valence-corrected chi connectivity index (χ3v) is 8.21. The highest BCUT2D eigenvalue weighted by atomic mass is 35.5. The molecule has 0 saturated heterocycles. The Balaban J connectivity index is 1.44. The minimum absolute atomic E-state index is 0.0457. The summed E-state index contributed by atoms with van der Waals surface area (Å²) < 4.78 is 54.0. The van der Waals surface area contributed by atoms with Crippen molar-refractivity contribution < 1.29 is 32.2 Å². The third-order valence-electron chi connectivity index (χ3n) is 7.47. The van der Waals surface area contributed by atoms with Gasteiger partial charge >= 0.3 is 18.4 Å². The van der Waals surface area contributed by atoms with Gasteiger partial charge in [0, 0.05) is 44.8 Å². The largest absolute Gasteiger partial charge is 0.444 e. The number of ether oxygens (including phenoxy) is 2. The van der Waals surface area contributed by atoms with E-state index < -0.39 is 23.9 Å². The number of carbonyl (C=O) groups is 2. The predicted molar refractivity (Wildman–Crippen MR) is 176 cm³/mol. The van der Waals surface area contributed by atoms with Gasteiger partial charge in [-0.1, -0.05) is 77.8 Å². The van der Waals surface area contributed by atoms with E-state index >= 15 is 0 Å². The molecule has 14 heteroatoms. The minimum Gasteiger partial charge on any atom is -0.444 e. The van der Waals surface area contributed by atoms with Gasteiger partial charge in [0.2, 0.25) is 5.95 Å². The van der Waals surface area contributed by atoms with Crippen LogP contribution in [0.5, 0.6) is 0 Å². The Morgan fingerprint density at radius 1 is 0.771 bits per heavy atom. The summed E-state index contributed by atoms with van der Waals surface area (Å²) in [5, 5.41) is 1.30. The van der Waals surface area contributed by atoms with Crippen molar-refractivity contribution in [3.63, 3.8) is 0 Å². The number of nitrogens with zero attached hydrogens (tertiary/aromatic N) is 4. The number of alkyl halides is 3. The number of nitrogens with two attached hydrogens (primary N) is 1. The van der Waals surface area contributed by atoms with Gasteiger partial charge in [-0.3, -0.25) is 0 Å². The molecule has 9 nitrogen and oxygen atoms in total. The van der Waals surface area contributed by atoms with Crippen LogP contribution in [0.1, 0.15) is 22.3 Å². The van der Waals surface area contributed by atoms with E-state index in [1.807, 2.05) is 0 Å². The molecule has 0 atom stereocenters. The first kappa shape index (κ1) is 32.6. The summed E-state index contributed by atoms with van der Waals surface area (Å²) in [6.07, 6.45) is -5.28. The first-order chi connectivity index (χ1) is 23.0. The van der Waals surface area contributed by atoms with Gasteiger partial charge in [0.15, 0.2) is 5.82 Å². The van der Waals surface area contributed by atoms with Crippen molar-refractivity contribution >= 4 is 69.0 Å². The lowest BCUT2D eigenvalue weighted by Gasteiger charge is -2.21. The highest BCUT2D eigenvalue weighted by molar-refractivity contribution is 6.31. The molecule has 0 unspecified atom stereocenters. The molecule has 0 radical (unpaired) electrons. The van der Waals surface area contributed by atoms with Crippen LogP contribution in [0.3, 0.4) is 0 Å². The van der Waals surface area contributed by atoms with E-state index in [4.69, 9.17) is 38.4 Å². The molecule has 48 heavy (non-hydrogen) atoms. The van der Waals surface area contributed by atoms with Crippen molar-refractivity contribution in [1.29, 1.82) is 0 Å². The van der Waals surface area contributed by atoms with E-state index in [0.717, 1.165) is 6.07 Å². The highest BCUT2D eigenvalue weighted by Crippen LogP contribution is 2.36. The van der Waals surface area contributed by atoms with E-state index in [1.165, 1.54) is 18.2 Å². The van der Waals surface area contributed by atoms with E-state index in [9.17, 15) is 22.8 Å². The molecule has 0 spiro atoms. The van der Waals surface area contributed by atoms with Crippen LogP contribution >= 0.6 is 23.2 Å². The molecule has 0 bridgehead atoms. The summed E-state index contributed by atoms with van der Waals surface area (Å²) in [5.74, 6) is -0.525. The van der Waals surface area contributed by atoms with Crippen molar-refractivity contribution in [2.45, 2.75) is 25.9 Å². The molecular formula is C34H24Cl2F3N5O4. The van der Waals surface area contributed by atoms with Gasteiger partial charge in [-0.05, 0) is 42.0 Å². The molecule has 0 saturated carbocycles. The van der Waals surface area contributed by atoms with E-state index in [2.05, 4.69) is 9.97 Å². The quantitative estimate of drug-likeness (QED) is 0.178. The number of rotatable bonds is 7. The molecule has 6 aromatic rings. The van der Waals surface area contributed by atoms with E-state index in [1.54, 1.807) is 77.5 Å². The van der Waals surface area contributed by atoms with Crippen LogP contribution in [0.15, 0.2) is 97.2 Å². The number of imide groups is 1. The number of hydrogen-bond acceptors (Lipinski definition) is 7. The smallest absolute Gasteiger partial charge is 0.425 e. The predicted octanol–water partition coefficient (Wildman–Crippen LogP) is 9.02. The van der Waals surface area contributed by atoms with Crippen molar-refractivity contribution in [1.82, 2.24) is 14.5 Å². The molecule has 2 N–H and O–H groups in total. The number of fused-ring (bicyclic) bond motifs is 3. The third kappa shape index (κ3) is 6.71. The molecule has 2 heterocycles. The Morgan fingerprint density at radius 3 is 1.92 bits per heavy atom. The maximum absolute atomic E-state index is 13.8. The van der Waals surface area contributed by atoms with Crippen LogP contribution in [0, 0.1) is 0 Å². The van der Waals surface area contributed by atoms with Crippen molar-refractivity contribution in [2.75, 3.05) is 10.6 Å². The Labute approximate surface area is 281 Å². The molecule has 4 aromatic carbocycles. The number of nitrogen functional groups attached to an aromatic ring is 1. The van der Waals surface area contributed by atoms with Crippen LogP contribution in [-0.4, -0.2) is 26.7 Å². The fourth-order valence-corrected chi connectivity index (χ4v) is 5.59. The minimum atomic E-state index is -4.56. The summed E-state index contributed by atoms with van der Waals surface area (Å²) in [6, 6.07) is 23.5. The van der Waals surface area contributed by atoms with Gasteiger partial charge < -0.3 is 19.8 Å². The lowest BCUT2D eigenvalue weighted by atomic mass is 10.1. The van der Waals surface area contributed by atoms with Gasteiger partial charge in [0.05, 0.1) is 16.5 Å². The van der Waals surface area contributed by atoms with Gasteiger partial charge in [0.25, 0.3) is 0 Å². The van der Waals surface area contributed by atoms with E-state index in [-0.39, 0.29) is 48.0 Å². The normalized spacial score (nSPS) is 11.5. The number of carbonyl (C=O) groups excluding carboxylic acids is 2. The molecule has 2 amide bonds. The zero-order chi connectivity index (χ0) is 34.0. The fraction of sp³-hybridized carbons (Fsp3) is 0.118. The van der Waals surface area contributed by atoms with Crippen LogP contribution in [-0.2, 0) is 35.4 Å². The summed E-state index contributed by atoms with van der Waals surface area (Å²) in [7, 11) is 0. The van der Waals surface area contributed by atoms with Crippen LogP contribution < -0.4 is 10.6 Å². The van der Waals surface area contributed by atoms with Crippen molar-refractivity contribution in [3.05, 3.63) is 129 Å². The molecule has 2 aromatic heterocycles. The molecule has 0 aliphatic heterocycles. The maximum Gasteiger partial charge on any atom is 0.425 e. The van der Waals surface area contributed by atoms with Crippen LogP contribution in [0.4, 0.5) is 34.5 Å². The number of anilines is 2. The zero-order valence-corrected chi connectivity index (χ0v) is 26.3. The average Bonchev–Trinajstić information content (AvgIpc) is 3.46. The van der Waals surface area contributed by atoms with Gasteiger partial charge in [-0.15, -0.1) is 0 Å². The maximum atomic E-state index is 13.8. The molecule has 0 fully saturated rings. The molecule has 0 aliphatic rings. The number of amides is 2. The number of halogens is 5. The van der Waals surface area contributed by atoms with Crippen LogP contribution in [0.25, 0.3) is 21.8 Å². The number of benzene rings is 4. The Hall–Kier alpha value is -5.33. The SMILES string of the molecule is Nc1nc(N(C(=O)OCc2ccccc2Cl)C(=O)OCc2ccccc2Cl)c2c(ccc3c2ccn3Cc2ccccc2C(F)(F)F)n1. The molecular weight excluding hydrogens is 670 g/mol. The second kappa shape index (κ2) is 13.4. The Bertz CT molecular complexity index is 2110.